The number of carbonyl (C=O) groups excluding carboxylic acids is 1. The smallest absolute Gasteiger partial charge is 0.341 e. The Bertz CT molecular complexity index is 259. The maximum absolute atomic E-state index is 11.4. The first kappa shape index (κ1) is 13.2. The van der Waals surface area contributed by atoms with E-state index in [0.29, 0.717) is 6.42 Å². The Hall–Kier alpha value is -0.820. The van der Waals surface area contributed by atoms with E-state index in [1.807, 2.05) is 0 Å². The standard InChI is InChI=1S/C8H13O5P/c1-4-5-6-13-8(9)7-14(10,11-2)12-3/h1H,5-7H2,2-3H3. The summed E-state index contributed by atoms with van der Waals surface area (Å²) in [6.07, 6.45) is 4.88. The van der Waals surface area contributed by atoms with Crippen LogP contribution in [0.25, 0.3) is 0 Å². The fraction of sp³-hybridized carbons (Fsp3) is 0.625. The zero-order valence-corrected chi connectivity index (χ0v) is 9.08. The summed E-state index contributed by atoms with van der Waals surface area (Å²) in [5.41, 5.74) is 0. The van der Waals surface area contributed by atoms with Gasteiger partial charge in [0.2, 0.25) is 0 Å². The molecular formula is C8H13O5P. The van der Waals surface area contributed by atoms with Crippen LogP contribution in [0.2, 0.25) is 0 Å². The molecule has 0 aliphatic carbocycles. The van der Waals surface area contributed by atoms with Gasteiger partial charge < -0.3 is 13.8 Å². The van der Waals surface area contributed by atoms with Crippen molar-refractivity contribution in [3.05, 3.63) is 0 Å². The molecule has 0 unspecified atom stereocenters. The average Bonchev–Trinajstić information content (AvgIpc) is 2.18. The molecule has 0 saturated heterocycles. The van der Waals surface area contributed by atoms with Crippen LogP contribution < -0.4 is 0 Å². The predicted octanol–water partition coefficient (Wildman–Crippen LogP) is 1.04. The van der Waals surface area contributed by atoms with Gasteiger partial charge in [0, 0.05) is 20.6 Å². The second kappa shape index (κ2) is 6.61. The molecule has 0 amide bonds. The molecule has 0 aromatic carbocycles. The number of ether oxygens (including phenoxy) is 1. The van der Waals surface area contributed by atoms with Crippen LogP contribution in [-0.2, 0) is 23.1 Å². The van der Waals surface area contributed by atoms with Gasteiger partial charge in [0.1, 0.15) is 12.8 Å². The van der Waals surface area contributed by atoms with Gasteiger partial charge in [0.15, 0.2) is 0 Å². The van der Waals surface area contributed by atoms with Crippen molar-refractivity contribution in [2.45, 2.75) is 6.42 Å². The summed E-state index contributed by atoms with van der Waals surface area (Å²) in [5, 5.41) is 0. The van der Waals surface area contributed by atoms with E-state index in [1.54, 1.807) is 0 Å². The lowest BCUT2D eigenvalue weighted by molar-refractivity contribution is -0.140. The van der Waals surface area contributed by atoms with Gasteiger partial charge in [-0.05, 0) is 0 Å². The molecule has 0 atom stereocenters. The van der Waals surface area contributed by atoms with E-state index in [-0.39, 0.29) is 6.61 Å². The first-order valence-electron chi connectivity index (χ1n) is 3.87. The third-order valence-electron chi connectivity index (χ3n) is 1.39. The molecule has 14 heavy (non-hydrogen) atoms. The van der Waals surface area contributed by atoms with Gasteiger partial charge in [-0.25, -0.2) is 0 Å². The molecule has 0 radical (unpaired) electrons. The fourth-order valence-electron chi connectivity index (χ4n) is 0.631. The van der Waals surface area contributed by atoms with E-state index in [1.165, 1.54) is 14.2 Å². The second-order valence-corrected chi connectivity index (χ2v) is 4.58. The van der Waals surface area contributed by atoms with Crippen LogP contribution in [0.3, 0.4) is 0 Å². The van der Waals surface area contributed by atoms with Crippen LogP contribution in [0, 0.1) is 12.3 Å². The highest BCUT2D eigenvalue weighted by Crippen LogP contribution is 2.45. The molecule has 0 rings (SSSR count). The Balaban J connectivity index is 3.93. The van der Waals surface area contributed by atoms with E-state index < -0.39 is 19.7 Å². The molecule has 80 valence electrons. The van der Waals surface area contributed by atoms with E-state index in [2.05, 4.69) is 19.7 Å². The van der Waals surface area contributed by atoms with Gasteiger partial charge in [-0.2, -0.15) is 0 Å². The van der Waals surface area contributed by atoms with E-state index in [9.17, 15) is 9.36 Å². The molecule has 0 aliphatic rings. The number of hydrogen-bond donors (Lipinski definition) is 0. The monoisotopic (exact) mass is 220 g/mol. The van der Waals surface area contributed by atoms with E-state index in [0.717, 1.165) is 0 Å². The molecule has 0 N–H and O–H groups in total. The summed E-state index contributed by atoms with van der Waals surface area (Å²) in [5.74, 6) is 1.66. The van der Waals surface area contributed by atoms with E-state index >= 15 is 0 Å². The SMILES string of the molecule is C#CCCOC(=O)CP(=O)(OC)OC. The van der Waals surface area contributed by atoms with Crippen LogP contribution >= 0.6 is 7.60 Å². The maximum atomic E-state index is 11.4. The summed E-state index contributed by atoms with van der Waals surface area (Å²) in [6.45, 7) is 0.114. The van der Waals surface area contributed by atoms with Crippen molar-refractivity contribution in [3.8, 4) is 12.3 Å². The predicted molar refractivity (Wildman–Crippen MR) is 50.9 cm³/mol. The maximum Gasteiger partial charge on any atom is 0.341 e. The zero-order chi connectivity index (χ0) is 11.0. The number of hydrogen-bond acceptors (Lipinski definition) is 5. The molecule has 6 heteroatoms. The molecule has 0 saturated carbocycles. The third-order valence-corrected chi connectivity index (χ3v) is 3.15. The summed E-state index contributed by atoms with van der Waals surface area (Å²) >= 11 is 0. The summed E-state index contributed by atoms with van der Waals surface area (Å²) in [6, 6.07) is 0. The van der Waals surface area contributed by atoms with Gasteiger partial charge in [0.25, 0.3) is 0 Å². The lowest BCUT2D eigenvalue weighted by Crippen LogP contribution is -2.12. The summed E-state index contributed by atoms with van der Waals surface area (Å²) < 4.78 is 25.2. The lowest BCUT2D eigenvalue weighted by atomic mass is 10.5. The van der Waals surface area contributed by atoms with Crippen molar-refractivity contribution >= 4 is 13.6 Å². The topological polar surface area (TPSA) is 61.8 Å². The second-order valence-electron chi connectivity index (χ2n) is 2.31. The molecule has 0 fully saturated rings. The molecule has 5 nitrogen and oxygen atoms in total. The first-order valence-corrected chi connectivity index (χ1v) is 5.60. The molecule has 0 aromatic rings. The van der Waals surface area contributed by atoms with Crippen molar-refractivity contribution in [2.75, 3.05) is 27.0 Å². The summed E-state index contributed by atoms with van der Waals surface area (Å²) in [4.78, 5) is 11.0. The highest BCUT2D eigenvalue weighted by Gasteiger charge is 2.26. The van der Waals surface area contributed by atoms with Gasteiger partial charge in [-0.3, -0.25) is 9.36 Å². The van der Waals surface area contributed by atoms with Crippen LogP contribution in [0.4, 0.5) is 0 Å². The van der Waals surface area contributed by atoms with Crippen molar-refractivity contribution in [1.82, 2.24) is 0 Å². The van der Waals surface area contributed by atoms with Gasteiger partial charge in [0.05, 0.1) is 0 Å². The summed E-state index contributed by atoms with van der Waals surface area (Å²) in [7, 11) is -0.897. The van der Waals surface area contributed by atoms with Crippen molar-refractivity contribution in [2.24, 2.45) is 0 Å². The minimum atomic E-state index is -3.31. The van der Waals surface area contributed by atoms with Crippen molar-refractivity contribution in [1.29, 1.82) is 0 Å². The van der Waals surface area contributed by atoms with Crippen molar-refractivity contribution < 1.29 is 23.1 Å². The zero-order valence-electron chi connectivity index (χ0n) is 8.19. The number of terminal acetylenes is 1. The first-order chi connectivity index (χ1) is 6.58. The van der Waals surface area contributed by atoms with Crippen LogP contribution in [0.15, 0.2) is 0 Å². The normalized spacial score (nSPS) is 10.6. The quantitative estimate of drug-likeness (QED) is 0.289. The Labute approximate surface area is 83.3 Å². The molecule has 0 spiro atoms. The molecular weight excluding hydrogens is 207 g/mol. The Morgan fingerprint density at radius 1 is 1.43 bits per heavy atom. The Morgan fingerprint density at radius 3 is 2.43 bits per heavy atom. The minimum absolute atomic E-state index is 0.114. The van der Waals surface area contributed by atoms with Crippen LogP contribution in [0.5, 0.6) is 0 Å². The molecule has 0 aromatic heterocycles. The third kappa shape index (κ3) is 5.03. The minimum Gasteiger partial charge on any atom is -0.464 e. The fourth-order valence-corrected chi connectivity index (χ4v) is 1.45. The number of esters is 1. The van der Waals surface area contributed by atoms with E-state index in [4.69, 9.17) is 6.42 Å². The molecule has 0 aliphatic heterocycles. The lowest BCUT2D eigenvalue weighted by Gasteiger charge is -2.12. The van der Waals surface area contributed by atoms with Crippen LogP contribution in [0.1, 0.15) is 6.42 Å². The van der Waals surface area contributed by atoms with Gasteiger partial charge >= 0.3 is 13.6 Å². The highest BCUT2D eigenvalue weighted by atomic mass is 31.2. The highest BCUT2D eigenvalue weighted by molar-refractivity contribution is 7.54. The van der Waals surface area contributed by atoms with Gasteiger partial charge in [-0.15, -0.1) is 12.3 Å². The molecule has 0 heterocycles. The van der Waals surface area contributed by atoms with Crippen molar-refractivity contribution in [3.63, 3.8) is 0 Å². The Morgan fingerprint density at radius 2 is 2.00 bits per heavy atom. The largest absolute Gasteiger partial charge is 0.464 e. The average molecular weight is 220 g/mol. The van der Waals surface area contributed by atoms with Crippen LogP contribution in [-0.4, -0.2) is 33.0 Å². The number of rotatable bonds is 6. The number of carbonyl (C=O) groups is 1. The van der Waals surface area contributed by atoms with Gasteiger partial charge in [-0.1, -0.05) is 0 Å². The Kier molecular flexibility index (Phi) is 6.22. The molecule has 0 bridgehead atoms.